The van der Waals surface area contributed by atoms with Crippen LogP contribution in [0.25, 0.3) is 16.8 Å². The highest BCUT2D eigenvalue weighted by Crippen LogP contribution is 2.34. The molecule has 0 aliphatic carbocycles. The fraction of sp³-hybridized carbons (Fsp3) is 0.222. The van der Waals surface area contributed by atoms with E-state index < -0.39 is 11.9 Å². The highest BCUT2D eigenvalue weighted by atomic mass is 35.5. The SMILES string of the molecule is C.C[NH+](C)Cc1ccc(-c2ccc(OCc3cc(C(F)(F)F)nn3-c3c(Cl)cccc3Cl)cc2)cc1. The minimum atomic E-state index is -4.63. The lowest BCUT2D eigenvalue weighted by Gasteiger charge is -2.12. The van der Waals surface area contributed by atoms with Crippen molar-refractivity contribution >= 4 is 23.2 Å². The molecule has 3 aromatic carbocycles. The van der Waals surface area contributed by atoms with Gasteiger partial charge in [-0.1, -0.05) is 73.1 Å². The van der Waals surface area contributed by atoms with E-state index in [-0.39, 0.29) is 35.5 Å². The summed E-state index contributed by atoms with van der Waals surface area (Å²) in [6, 6.07) is 21.3. The van der Waals surface area contributed by atoms with Gasteiger partial charge in [0, 0.05) is 5.56 Å². The lowest BCUT2D eigenvalue weighted by atomic mass is 10.0. The topological polar surface area (TPSA) is 31.5 Å². The summed E-state index contributed by atoms with van der Waals surface area (Å²) in [5, 5.41) is 4.06. The molecule has 36 heavy (non-hydrogen) atoms. The van der Waals surface area contributed by atoms with Crippen molar-refractivity contribution in [1.82, 2.24) is 9.78 Å². The average molecular weight is 537 g/mol. The second-order valence-corrected chi connectivity index (χ2v) is 9.21. The molecule has 0 saturated carbocycles. The molecule has 0 amide bonds. The molecule has 1 N–H and O–H groups in total. The van der Waals surface area contributed by atoms with E-state index in [4.69, 9.17) is 27.9 Å². The molecular formula is C27H27Cl2F3N3O+. The van der Waals surface area contributed by atoms with Gasteiger partial charge in [-0.15, -0.1) is 0 Å². The number of halogens is 5. The summed E-state index contributed by atoms with van der Waals surface area (Å²) in [5.41, 5.74) is 2.60. The second-order valence-electron chi connectivity index (χ2n) is 8.39. The quantitative estimate of drug-likeness (QED) is 0.284. The Bertz CT molecular complexity index is 1280. The van der Waals surface area contributed by atoms with Crippen molar-refractivity contribution in [3.63, 3.8) is 0 Å². The van der Waals surface area contributed by atoms with Gasteiger partial charge in [0.05, 0.1) is 29.8 Å². The van der Waals surface area contributed by atoms with E-state index in [1.54, 1.807) is 18.2 Å². The molecule has 4 aromatic rings. The molecule has 0 fully saturated rings. The van der Waals surface area contributed by atoms with E-state index in [2.05, 4.69) is 43.5 Å². The highest BCUT2D eigenvalue weighted by molar-refractivity contribution is 6.37. The summed E-state index contributed by atoms with van der Waals surface area (Å²) < 4.78 is 47.0. The van der Waals surface area contributed by atoms with E-state index in [1.807, 2.05) is 12.1 Å². The van der Waals surface area contributed by atoms with Gasteiger partial charge >= 0.3 is 6.18 Å². The maximum Gasteiger partial charge on any atom is 0.435 e. The average Bonchev–Trinajstić information content (AvgIpc) is 3.22. The third-order valence-corrected chi connectivity index (χ3v) is 5.92. The molecule has 0 atom stereocenters. The second kappa shape index (κ2) is 11.4. The first kappa shape index (κ1) is 27.6. The van der Waals surface area contributed by atoms with Crippen LogP contribution in [0.15, 0.2) is 72.8 Å². The van der Waals surface area contributed by atoms with Crippen LogP contribution in [0.3, 0.4) is 0 Å². The summed E-state index contributed by atoms with van der Waals surface area (Å²) in [7, 11) is 4.21. The van der Waals surface area contributed by atoms with Gasteiger partial charge < -0.3 is 9.64 Å². The van der Waals surface area contributed by atoms with Gasteiger partial charge in [-0.05, 0) is 41.5 Å². The zero-order valence-corrected chi connectivity index (χ0v) is 20.5. The van der Waals surface area contributed by atoms with Crippen molar-refractivity contribution in [1.29, 1.82) is 0 Å². The van der Waals surface area contributed by atoms with E-state index >= 15 is 0 Å². The Labute approximate surface area is 218 Å². The minimum absolute atomic E-state index is 0. The Hall–Kier alpha value is -3.00. The van der Waals surface area contributed by atoms with Crippen molar-refractivity contribution in [2.75, 3.05) is 14.1 Å². The molecule has 4 rings (SSSR count). The molecule has 0 saturated heterocycles. The molecule has 1 heterocycles. The lowest BCUT2D eigenvalue weighted by molar-refractivity contribution is -0.872. The van der Waals surface area contributed by atoms with Gasteiger partial charge in [0.15, 0.2) is 5.69 Å². The zero-order chi connectivity index (χ0) is 25.2. The van der Waals surface area contributed by atoms with Crippen LogP contribution in [0.5, 0.6) is 5.75 Å². The molecule has 4 nitrogen and oxygen atoms in total. The Morgan fingerprint density at radius 2 is 1.44 bits per heavy atom. The number of alkyl halides is 3. The first-order chi connectivity index (χ1) is 16.6. The first-order valence-electron chi connectivity index (χ1n) is 10.8. The van der Waals surface area contributed by atoms with Gasteiger partial charge in [-0.25, -0.2) is 4.68 Å². The molecule has 0 unspecified atom stereocenters. The van der Waals surface area contributed by atoms with Crippen LogP contribution in [0, 0.1) is 0 Å². The molecule has 190 valence electrons. The maximum atomic E-state index is 13.4. The number of ether oxygens (including phenoxy) is 1. The number of para-hydroxylation sites is 1. The number of benzene rings is 3. The smallest absolute Gasteiger partial charge is 0.435 e. The van der Waals surface area contributed by atoms with Crippen molar-refractivity contribution in [2.24, 2.45) is 0 Å². The summed E-state index contributed by atoms with van der Waals surface area (Å²) in [5.74, 6) is 0.508. The van der Waals surface area contributed by atoms with Crippen LogP contribution >= 0.6 is 23.2 Å². The predicted molar refractivity (Wildman–Crippen MR) is 138 cm³/mol. The normalized spacial score (nSPS) is 11.4. The van der Waals surface area contributed by atoms with Gasteiger partial charge in [-0.2, -0.15) is 18.3 Å². The van der Waals surface area contributed by atoms with Crippen LogP contribution in [0.4, 0.5) is 13.2 Å². The Morgan fingerprint density at radius 1 is 0.889 bits per heavy atom. The third kappa shape index (κ3) is 6.40. The number of nitrogens with one attached hydrogen (secondary N) is 1. The van der Waals surface area contributed by atoms with Crippen LogP contribution in [0.2, 0.25) is 10.0 Å². The van der Waals surface area contributed by atoms with E-state index in [0.717, 1.165) is 28.4 Å². The van der Waals surface area contributed by atoms with E-state index in [0.29, 0.717) is 5.75 Å². The van der Waals surface area contributed by atoms with Gasteiger partial charge in [0.1, 0.15) is 24.6 Å². The summed E-state index contributed by atoms with van der Waals surface area (Å²) in [6.07, 6.45) is -4.63. The molecule has 1 aromatic heterocycles. The summed E-state index contributed by atoms with van der Waals surface area (Å²) in [6.45, 7) is 0.782. The number of aromatic nitrogens is 2. The van der Waals surface area contributed by atoms with Crippen molar-refractivity contribution in [3.05, 3.63) is 99.8 Å². The van der Waals surface area contributed by atoms with Crippen molar-refractivity contribution in [2.45, 2.75) is 26.8 Å². The van der Waals surface area contributed by atoms with Gasteiger partial charge in [-0.3, -0.25) is 0 Å². The Balaban J connectivity index is 0.00000361. The number of nitrogens with zero attached hydrogens (tertiary/aromatic N) is 2. The molecule has 9 heteroatoms. The molecular weight excluding hydrogens is 510 g/mol. The molecule has 0 aliphatic heterocycles. The summed E-state index contributed by atoms with van der Waals surface area (Å²) in [4.78, 5) is 1.35. The monoisotopic (exact) mass is 536 g/mol. The van der Waals surface area contributed by atoms with Crippen molar-refractivity contribution < 1.29 is 22.8 Å². The Morgan fingerprint density at radius 3 is 1.97 bits per heavy atom. The van der Waals surface area contributed by atoms with Crippen LogP contribution in [-0.4, -0.2) is 23.9 Å². The standard InChI is InChI=1S/C26H22Cl2F3N3O.CH4/c1-33(2)15-17-6-8-18(9-7-17)19-10-12-21(13-11-19)35-16-20-14-24(26(29,30)31)32-34(20)25-22(27)4-3-5-23(25)28;/h3-14H,15-16H2,1-2H3;1H4/p+1. The van der Waals surface area contributed by atoms with Gasteiger partial charge in [0.2, 0.25) is 0 Å². The predicted octanol–water partition coefficient (Wildman–Crippen LogP) is 6.72. The minimum Gasteiger partial charge on any atom is -0.487 e. The van der Waals surface area contributed by atoms with Crippen LogP contribution < -0.4 is 9.64 Å². The van der Waals surface area contributed by atoms with E-state index in [1.165, 1.54) is 22.6 Å². The zero-order valence-electron chi connectivity index (χ0n) is 19.0. The highest BCUT2D eigenvalue weighted by Gasteiger charge is 2.35. The number of hydrogen-bond acceptors (Lipinski definition) is 2. The maximum absolute atomic E-state index is 13.4. The summed E-state index contributed by atoms with van der Waals surface area (Å²) >= 11 is 12.4. The fourth-order valence-corrected chi connectivity index (χ4v) is 4.23. The molecule has 0 spiro atoms. The fourth-order valence-electron chi connectivity index (χ4n) is 3.67. The van der Waals surface area contributed by atoms with Crippen molar-refractivity contribution in [3.8, 4) is 22.6 Å². The Kier molecular flexibility index (Phi) is 8.71. The van der Waals surface area contributed by atoms with Gasteiger partial charge in [0.25, 0.3) is 0 Å². The lowest BCUT2D eigenvalue weighted by Crippen LogP contribution is -3.04. The largest absolute Gasteiger partial charge is 0.487 e. The number of hydrogen-bond donors (Lipinski definition) is 1. The molecule has 0 radical (unpaired) electrons. The van der Waals surface area contributed by atoms with Crippen LogP contribution in [0.1, 0.15) is 24.4 Å². The van der Waals surface area contributed by atoms with Crippen LogP contribution in [-0.2, 0) is 19.3 Å². The molecule has 0 bridgehead atoms. The molecule has 0 aliphatic rings. The van der Waals surface area contributed by atoms with E-state index in [9.17, 15) is 13.2 Å². The first-order valence-corrected chi connectivity index (χ1v) is 11.6. The third-order valence-electron chi connectivity index (χ3n) is 5.31. The number of rotatable bonds is 7. The number of quaternary nitrogens is 1.